The summed E-state index contributed by atoms with van der Waals surface area (Å²) in [7, 11) is 0. The van der Waals surface area contributed by atoms with Gasteiger partial charge in [-0.1, -0.05) is 11.6 Å². The standard InChI is InChI=1S/C20H24ClN3O3S/c21-18-2-1-16(28-18)12-23-11-15(25)10-20(13-23)4-7-24(8-5-20)14-3-6-22-17(9-14)19(26)27/h1-3,6,9,15,25H,4-5,7-8,10-13H2,(H,26,27). The molecule has 28 heavy (non-hydrogen) atoms. The van der Waals surface area contributed by atoms with Crippen LogP contribution in [-0.4, -0.2) is 58.3 Å². The molecule has 1 unspecified atom stereocenters. The number of aromatic carboxylic acids is 1. The number of anilines is 1. The number of halogens is 1. The van der Waals surface area contributed by atoms with Crippen LogP contribution in [0.1, 0.15) is 34.6 Å². The summed E-state index contributed by atoms with van der Waals surface area (Å²) < 4.78 is 0.800. The highest BCUT2D eigenvalue weighted by atomic mass is 35.5. The van der Waals surface area contributed by atoms with E-state index in [0.717, 1.165) is 55.5 Å². The lowest BCUT2D eigenvalue weighted by Crippen LogP contribution is -2.53. The van der Waals surface area contributed by atoms with Crippen molar-refractivity contribution in [1.29, 1.82) is 0 Å². The molecule has 150 valence electrons. The molecule has 2 aliphatic heterocycles. The predicted molar refractivity (Wildman–Crippen MR) is 110 cm³/mol. The maximum Gasteiger partial charge on any atom is 0.354 e. The number of aliphatic hydroxyl groups excluding tert-OH is 1. The van der Waals surface area contributed by atoms with E-state index >= 15 is 0 Å². The van der Waals surface area contributed by atoms with Gasteiger partial charge >= 0.3 is 5.97 Å². The molecule has 4 rings (SSSR count). The van der Waals surface area contributed by atoms with Gasteiger partial charge in [-0.3, -0.25) is 4.90 Å². The SMILES string of the molecule is O=C(O)c1cc(N2CCC3(CC2)CC(O)CN(Cc2ccc(Cl)s2)C3)ccn1. The van der Waals surface area contributed by atoms with Crippen molar-refractivity contribution in [3.05, 3.63) is 45.4 Å². The van der Waals surface area contributed by atoms with E-state index in [-0.39, 0.29) is 17.2 Å². The van der Waals surface area contributed by atoms with Gasteiger partial charge in [0.2, 0.25) is 0 Å². The zero-order chi connectivity index (χ0) is 19.7. The summed E-state index contributed by atoms with van der Waals surface area (Å²) in [6.07, 6.45) is 4.04. The summed E-state index contributed by atoms with van der Waals surface area (Å²) in [5.41, 5.74) is 1.09. The molecule has 8 heteroatoms. The number of rotatable bonds is 4. The third kappa shape index (κ3) is 4.33. The van der Waals surface area contributed by atoms with Gasteiger partial charge in [-0.25, -0.2) is 9.78 Å². The van der Waals surface area contributed by atoms with Crippen molar-refractivity contribution in [2.75, 3.05) is 31.1 Å². The molecule has 0 amide bonds. The quantitative estimate of drug-likeness (QED) is 0.788. The Morgan fingerprint density at radius 3 is 2.79 bits per heavy atom. The van der Waals surface area contributed by atoms with Crippen molar-refractivity contribution in [3.63, 3.8) is 0 Å². The Hall–Kier alpha value is -1.67. The van der Waals surface area contributed by atoms with Crippen LogP contribution in [0.4, 0.5) is 5.69 Å². The molecule has 6 nitrogen and oxygen atoms in total. The van der Waals surface area contributed by atoms with Crippen molar-refractivity contribution in [1.82, 2.24) is 9.88 Å². The molecule has 2 aliphatic rings. The van der Waals surface area contributed by atoms with Crippen LogP contribution in [0.15, 0.2) is 30.5 Å². The summed E-state index contributed by atoms with van der Waals surface area (Å²) in [6, 6.07) is 7.50. The molecule has 4 heterocycles. The summed E-state index contributed by atoms with van der Waals surface area (Å²) in [5.74, 6) is -1.00. The Kier molecular flexibility index (Phi) is 5.60. The number of β-amino-alcohol motifs (C(OH)–C–C–N with tert-alkyl or cyclic N) is 1. The number of aliphatic hydroxyl groups is 1. The van der Waals surface area contributed by atoms with Gasteiger partial charge in [-0.15, -0.1) is 11.3 Å². The van der Waals surface area contributed by atoms with Crippen molar-refractivity contribution < 1.29 is 15.0 Å². The first kappa shape index (κ1) is 19.6. The first-order valence-corrected chi connectivity index (χ1v) is 10.7. The molecule has 2 aromatic rings. The molecular weight excluding hydrogens is 398 g/mol. The monoisotopic (exact) mass is 421 g/mol. The second kappa shape index (κ2) is 7.99. The van der Waals surface area contributed by atoms with E-state index in [2.05, 4.69) is 20.9 Å². The van der Waals surface area contributed by atoms with Gasteiger partial charge in [0, 0.05) is 49.5 Å². The van der Waals surface area contributed by atoms with E-state index in [4.69, 9.17) is 16.7 Å². The van der Waals surface area contributed by atoms with Gasteiger partial charge in [0.25, 0.3) is 0 Å². The number of pyridine rings is 1. The Labute approximate surface area is 173 Å². The second-order valence-corrected chi connectivity index (χ2v) is 9.72. The minimum absolute atomic E-state index is 0.0756. The largest absolute Gasteiger partial charge is 0.477 e. The molecule has 0 saturated carbocycles. The molecule has 0 bridgehead atoms. The van der Waals surface area contributed by atoms with Crippen LogP contribution in [0, 0.1) is 5.41 Å². The summed E-state index contributed by atoms with van der Waals surface area (Å²) in [6.45, 7) is 4.21. The van der Waals surface area contributed by atoms with Gasteiger partial charge in [-0.05, 0) is 48.9 Å². The molecule has 2 saturated heterocycles. The Bertz CT molecular complexity index is 851. The molecule has 0 aliphatic carbocycles. The highest BCUT2D eigenvalue weighted by Gasteiger charge is 2.41. The average Bonchev–Trinajstić information content (AvgIpc) is 3.06. The maximum absolute atomic E-state index is 11.2. The molecule has 2 fully saturated rings. The smallest absolute Gasteiger partial charge is 0.354 e. The Morgan fingerprint density at radius 2 is 2.11 bits per heavy atom. The van der Waals surface area contributed by atoms with Crippen molar-refractivity contribution >= 4 is 34.6 Å². The van der Waals surface area contributed by atoms with Crippen molar-refractivity contribution in [3.8, 4) is 0 Å². The van der Waals surface area contributed by atoms with Crippen molar-refractivity contribution in [2.45, 2.75) is 31.9 Å². The van der Waals surface area contributed by atoms with E-state index < -0.39 is 5.97 Å². The number of hydrogen-bond acceptors (Lipinski definition) is 6. The predicted octanol–water partition coefficient (Wildman–Crippen LogP) is 3.35. The molecule has 1 spiro atoms. The number of carboxylic acids is 1. The van der Waals surface area contributed by atoms with Gasteiger partial charge in [0.15, 0.2) is 0 Å². The van der Waals surface area contributed by atoms with Crippen LogP contribution in [0.5, 0.6) is 0 Å². The summed E-state index contributed by atoms with van der Waals surface area (Å²) >= 11 is 7.66. The normalized spacial score (nSPS) is 22.5. The highest BCUT2D eigenvalue weighted by Crippen LogP contribution is 2.41. The number of hydrogen-bond donors (Lipinski definition) is 2. The molecule has 1 atom stereocenters. The average molecular weight is 422 g/mol. The third-order valence-electron chi connectivity index (χ3n) is 5.86. The number of likely N-dealkylation sites (tertiary alicyclic amines) is 1. The number of nitrogens with zero attached hydrogens (tertiary/aromatic N) is 3. The zero-order valence-electron chi connectivity index (χ0n) is 15.6. The fourth-order valence-corrected chi connectivity index (χ4v) is 5.71. The molecule has 2 aromatic heterocycles. The first-order chi connectivity index (χ1) is 13.4. The topological polar surface area (TPSA) is 76.9 Å². The molecule has 0 radical (unpaired) electrons. The summed E-state index contributed by atoms with van der Waals surface area (Å²) in [4.78, 5) is 20.9. The van der Waals surface area contributed by atoms with Crippen LogP contribution in [0.25, 0.3) is 0 Å². The van der Waals surface area contributed by atoms with E-state index in [0.29, 0.717) is 6.54 Å². The van der Waals surface area contributed by atoms with Gasteiger partial charge in [0.05, 0.1) is 10.4 Å². The van der Waals surface area contributed by atoms with Crippen LogP contribution in [0.3, 0.4) is 0 Å². The van der Waals surface area contributed by atoms with Crippen LogP contribution in [0.2, 0.25) is 4.34 Å². The molecular formula is C20H24ClN3O3S. The van der Waals surface area contributed by atoms with Gasteiger partial charge in [0.1, 0.15) is 5.69 Å². The van der Waals surface area contributed by atoms with E-state index in [9.17, 15) is 9.90 Å². The maximum atomic E-state index is 11.2. The Balaban J connectivity index is 1.42. The number of carbonyl (C=O) groups is 1. The van der Waals surface area contributed by atoms with Crippen LogP contribution < -0.4 is 4.90 Å². The fraction of sp³-hybridized carbons (Fsp3) is 0.500. The number of thiophene rings is 1. The Morgan fingerprint density at radius 1 is 1.32 bits per heavy atom. The van der Waals surface area contributed by atoms with Crippen LogP contribution in [-0.2, 0) is 6.54 Å². The fourth-order valence-electron chi connectivity index (χ4n) is 4.58. The number of piperidine rings is 2. The summed E-state index contributed by atoms with van der Waals surface area (Å²) in [5, 5.41) is 19.7. The van der Waals surface area contributed by atoms with Crippen molar-refractivity contribution in [2.24, 2.45) is 5.41 Å². The first-order valence-electron chi connectivity index (χ1n) is 9.51. The van der Waals surface area contributed by atoms with E-state index in [1.165, 1.54) is 4.88 Å². The van der Waals surface area contributed by atoms with Gasteiger partial charge in [-0.2, -0.15) is 0 Å². The zero-order valence-corrected chi connectivity index (χ0v) is 17.1. The molecule has 2 N–H and O–H groups in total. The second-order valence-electron chi connectivity index (χ2n) is 7.92. The lowest BCUT2D eigenvalue weighted by molar-refractivity contribution is -0.0247. The van der Waals surface area contributed by atoms with E-state index in [1.54, 1.807) is 23.6 Å². The lowest BCUT2D eigenvalue weighted by atomic mass is 9.71. The minimum atomic E-state index is -1.00. The third-order valence-corrected chi connectivity index (χ3v) is 7.07. The van der Waals surface area contributed by atoms with Gasteiger partial charge < -0.3 is 15.1 Å². The minimum Gasteiger partial charge on any atom is -0.477 e. The van der Waals surface area contributed by atoms with E-state index in [1.807, 2.05) is 12.1 Å². The number of carboxylic acid groups (broad SMARTS) is 1. The highest BCUT2D eigenvalue weighted by molar-refractivity contribution is 7.16. The number of aromatic nitrogens is 1. The van der Waals surface area contributed by atoms with Crippen LogP contribution >= 0.6 is 22.9 Å². The molecule has 0 aromatic carbocycles. The lowest BCUT2D eigenvalue weighted by Gasteiger charge is -2.49.